The second kappa shape index (κ2) is 10.7. The van der Waals surface area contributed by atoms with E-state index in [4.69, 9.17) is 4.74 Å². The number of fused-ring (bicyclic) bond motifs is 1. The van der Waals surface area contributed by atoms with Crippen molar-refractivity contribution < 1.29 is 14.3 Å². The van der Waals surface area contributed by atoms with Crippen molar-refractivity contribution >= 4 is 34.1 Å². The third-order valence-electron chi connectivity index (χ3n) is 6.92. The number of hydrogen-bond acceptors (Lipinski definition) is 3. The second-order valence-electron chi connectivity index (χ2n) is 9.42. The summed E-state index contributed by atoms with van der Waals surface area (Å²) in [5, 5.41) is 7.06. The van der Waals surface area contributed by atoms with E-state index in [-0.39, 0.29) is 17.7 Å². The van der Waals surface area contributed by atoms with Gasteiger partial charge in [-0.2, -0.15) is 0 Å². The average Bonchev–Trinajstić information content (AvgIpc) is 3.13. The number of rotatable bonds is 6. The monoisotopic (exact) mass is 481 g/mol. The summed E-state index contributed by atoms with van der Waals surface area (Å²) < 4.78 is 5.15. The molecule has 0 radical (unpaired) electrons. The first-order chi connectivity index (χ1) is 17.6. The Morgan fingerprint density at radius 2 is 1.50 bits per heavy atom. The normalized spacial score (nSPS) is 14.2. The Kier molecular flexibility index (Phi) is 7.03. The van der Waals surface area contributed by atoms with Gasteiger partial charge in [0.25, 0.3) is 5.91 Å². The van der Waals surface area contributed by atoms with E-state index in [0.29, 0.717) is 11.3 Å². The molecule has 0 aliphatic heterocycles. The molecule has 1 aliphatic rings. The van der Waals surface area contributed by atoms with Crippen LogP contribution < -0.4 is 15.4 Å². The topological polar surface area (TPSA) is 83.2 Å². The molecule has 3 N–H and O–H groups in total. The lowest BCUT2D eigenvalue weighted by Gasteiger charge is -2.14. The van der Waals surface area contributed by atoms with E-state index in [1.807, 2.05) is 42.5 Å². The SMILES string of the molecule is COc1ccc(C(=O)Nc2ccc3[nH]c(-c4ccc(NC(=O)C5CCCCCC5)cc4)cc3c2)cc1. The zero-order valence-electron chi connectivity index (χ0n) is 20.5. The van der Waals surface area contributed by atoms with E-state index in [0.717, 1.165) is 59.2 Å². The van der Waals surface area contributed by atoms with Crippen molar-refractivity contribution in [3.8, 4) is 17.0 Å². The van der Waals surface area contributed by atoms with Crippen molar-refractivity contribution in [3.63, 3.8) is 0 Å². The Labute approximate surface area is 211 Å². The van der Waals surface area contributed by atoms with E-state index in [9.17, 15) is 9.59 Å². The number of H-pyrrole nitrogens is 1. The van der Waals surface area contributed by atoms with E-state index >= 15 is 0 Å². The number of aromatic amines is 1. The number of anilines is 2. The van der Waals surface area contributed by atoms with Crippen molar-refractivity contribution in [1.29, 1.82) is 0 Å². The summed E-state index contributed by atoms with van der Waals surface area (Å²) in [6, 6.07) is 22.8. The lowest BCUT2D eigenvalue weighted by atomic mass is 9.99. The largest absolute Gasteiger partial charge is 0.497 e. The molecule has 4 aromatic rings. The molecule has 1 heterocycles. The van der Waals surface area contributed by atoms with Gasteiger partial charge in [-0.1, -0.05) is 37.8 Å². The molecule has 6 nitrogen and oxygen atoms in total. The third kappa shape index (κ3) is 5.43. The molecule has 1 aromatic heterocycles. The maximum absolute atomic E-state index is 12.7. The molecule has 2 amide bonds. The van der Waals surface area contributed by atoms with Crippen LogP contribution in [0.3, 0.4) is 0 Å². The summed E-state index contributed by atoms with van der Waals surface area (Å²) in [4.78, 5) is 28.7. The Bertz CT molecular complexity index is 1350. The quantitative estimate of drug-likeness (QED) is 0.259. The van der Waals surface area contributed by atoms with Crippen LogP contribution in [0.4, 0.5) is 11.4 Å². The van der Waals surface area contributed by atoms with E-state index in [1.54, 1.807) is 31.4 Å². The third-order valence-corrected chi connectivity index (χ3v) is 6.92. The van der Waals surface area contributed by atoms with Gasteiger partial charge in [0.05, 0.1) is 7.11 Å². The number of amides is 2. The van der Waals surface area contributed by atoms with Gasteiger partial charge in [-0.05, 0) is 79.1 Å². The molecule has 0 atom stereocenters. The molecule has 6 heteroatoms. The molecule has 0 bridgehead atoms. The number of carbonyl (C=O) groups is 2. The molecule has 3 aromatic carbocycles. The van der Waals surface area contributed by atoms with Crippen molar-refractivity contribution in [2.24, 2.45) is 5.92 Å². The Hall–Kier alpha value is -4.06. The Morgan fingerprint density at radius 1 is 0.806 bits per heavy atom. The standard InChI is InChI=1S/C30H31N3O3/c1-36-26-15-10-22(11-16-26)30(35)32-25-14-17-27-23(18-25)19-28(33-27)20-8-12-24(13-9-20)31-29(34)21-6-4-2-3-5-7-21/h8-19,21,33H,2-7H2,1H3,(H,31,34)(H,32,35). The summed E-state index contributed by atoms with van der Waals surface area (Å²) in [5.41, 5.74) is 5.11. The van der Waals surface area contributed by atoms with Crippen LogP contribution in [-0.4, -0.2) is 23.9 Å². The van der Waals surface area contributed by atoms with Crippen LogP contribution in [0.1, 0.15) is 48.9 Å². The highest BCUT2D eigenvalue weighted by molar-refractivity contribution is 6.05. The summed E-state index contributed by atoms with van der Waals surface area (Å²) in [6.07, 6.45) is 6.73. The van der Waals surface area contributed by atoms with Gasteiger partial charge in [0.2, 0.25) is 5.91 Å². The van der Waals surface area contributed by atoms with Crippen molar-refractivity contribution in [1.82, 2.24) is 4.98 Å². The predicted octanol–water partition coefficient (Wildman–Crippen LogP) is 7.00. The fraction of sp³-hybridized carbons (Fsp3) is 0.267. The smallest absolute Gasteiger partial charge is 0.255 e. The minimum absolute atomic E-state index is 0.125. The average molecular weight is 482 g/mol. The number of aromatic nitrogens is 1. The molecular formula is C30H31N3O3. The number of methoxy groups -OCH3 is 1. The highest BCUT2D eigenvalue weighted by Gasteiger charge is 2.20. The van der Waals surface area contributed by atoms with Crippen molar-refractivity contribution in [3.05, 3.63) is 78.4 Å². The minimum atomic E-state index is -0.172. The summed E-state index contributed by atoms with van der Waals surface area (Å²) in [6.45, 7) is 0. The van der Waals surface area contributed by atoms with Crippen molar-refractivity contribution in [2.45, 2.75) is 38.5 Å². The molecule has 0 unspecified atom stereocenters. The molecule has 0 spiro atoms. The second-order valence-corrected chi connectivity index (χ2v) is 9.42. The molecule has 1 fully saturated rings. The highest BCUT2D eigenvalue weighted by atomic mass is 16.5. The number of ether oxygens (including phenoxy) is 1. The van der Waals surface area contributed by atoms with Crippen LogP contribution in [0.5, 0.6) is 5.75 Å². The van der Waals surface area contributed by atoms with Crippen LogP contribution in [0.2, 0.25) is 0 Å². The number of hydrogen-bond donors (Lipinski definition) is 3. The number of carbonyl (C=O) groups excluding carboxylic acids is 2. The molecule has 36 heavy (non-hydrogen) atoms. The zero-order chi connectivity index (χ0) is 24.9. The summed E-state index contributed by atoms with van der Waals surface area (Å²) in [7, 11) is 1.60. The zero-order valence-corrected chi connectivity index (χ0v) is 20.5. The fourth-order valence-electron chi connectivity index (χ4n) is 4.83. The Balaban J connectivity index is 1.26. The van der Waals surface area contributed by atoms with E-state index in [2.05, 4.69) is 21.7 Å². The number of nitrogens with one attached hydrogen (secondary N) is 3. The van der Waals surface area contributed by atoms with Gasteiger partial charge >= 0.3 is 0 Å². The van der Waals surface area contributed by atoms with Crippen LogP contribution in [0.15, 0.2) is 72.8 Å². The summed E-state index contributed by atoms with van der Waals surface area (Å²) in [5.74, 6) is 0.803. The van der Waals surface area contributed by atoms with Gasteiger partial charge in [0, 0.05) is 39.5 Å². The van der Waals surface area contributed by atoms with E-state index in [1.165, 1.54) is 12.8 Å². The van der Waals surface area contributed by atoms with Crippen molar-refractivity contribution in [2.75, 3.05) is 17.7 Å². The lowest BCUT2D eigenvalue weighted by Crippen LogP contribution is -2.22. The first-order valence-electron chi connectivity index (χ1n) is 12.6. The summed E-state index contributed by atoms with van der Waals surface area (Å²) >= 11 is 0. The van der Waals surface area contributed by atoms with Gasteiger partial charge in [-0.25, -0.2) is 0 Å². The molecular weight excluding hydrogens is 450 g/mol. The van der Waals surface area contributed by atoms with Crippen LogP contribution in [0, 0.1) is 5.92 Å². The lowest BCUT2D eigenvalue weighted by molar-refractivity contribution is -0.120. The van der Waals surface area contributed by atoms with Crippen LogP contribution in [0.25, 0.3) is 22.2 Å². The number of benzene rings is 3. The maximum Gasteiger partial charge on any atom is 0.255 e. The molecule has 5 rings (SSSR count). The molecule has 1 aliphatic carbocycles. The molecule has 0 saturated heterocycles. The van der Waals surface area contributed by atoms with Gasteiger partial charge < -0.3 is 20.4 Å². The highest BCUT2D eigenvalue weighted by Crippen LogP contribution is 2.28. The predicted molar refractivity (Wildman–Crippen MR) is 145 cm³/mol. The fourth-order valence-corrected chi connectivity index (χ4v) is 4.83. The first-order valence-corrected chi connectivity index (χ1v) is 12.6. The van der Waals surface area contributed by atoms with E-state index < -0.39 is 0 Å². The van der Waals surface area contributed by atoms with Gasteiger partial charge in [-0.15, -0.1) is 0 Å². The van der Waals surface area contributed by atoms with Crippen LogP contribution >= 0.6 is 0 Å². The van der Waals surface area contributed by atoms with Gasteiger partial charge in [0.1, 0.15) is 5.75 Å². The maximum atomic E-state index is 12.7. The minimum Gasteiger partial charge on any atom is -0.497 e. The molecule has 184 valence electrons. The van der Waals surface area contributed by atoms with Gasteiger partial charge in [-0.3, -0.25) is 9.59 Å². The first kappa shape index (κ1) is 23.7. The van der Waals surface area contributed by atoms with Crippen LogP contribution in [-0.2, 0) is 4.79 Å². The van der Waals surface area contributed by atoms with Gasteiger partial charge in [0.15, 0.2) is 0 Å². The molecule has 1 saturated carbocycles. The Morgan fingerprint density at radius 3 is 2.19 bits per heavy atom.